The van der Waals surface area contributed by atoms with Crippen LogP contribution in [0.4, 0.5) is 0 Å². The van der Waals surface area contributed by atoms with Crippen LogP contribution in [-0.4, -0.2) is 33.5 Å². The summed E-state index contributed by atoms with van der Waals surface area (Å²) >= 11 is 1.72. The van der Waals surface area contributed by atoms with Gasteiger partial charge in [-0.05, 0) is 24.6 Å². The van der Waals surface area contributed by atoms with Gasteiger partial charge in [-0.2, -0.15) is 0 Å². The average Bonchev–Trinajstić information content (AvgIpc) is 3.05. The number of carbonyl (C=O) groups excluding carboxylic acids is 1. The van der Waals surface area contributed by atoms with E-state index in [9.17, 15) is 9.59 Å². The third-order valence-corrected chi connectivity index (χ3v) is 4.37. The van der Waals surface area contributed by atoms with E-state index in [0.29, 0.717) is 0 Å². The maximum Gasteiger partial charge on any atom is 0.323 e. The Kier molecular flexibility index (Phi) is 3.54. The number of aromatic nitrogens is 2. The molecule has 2 unspecified atom stereocenters. The molecule has 1 fully saturated rings. The van der Waals surface area contributed by atoms with Crippen molar-refractivity contribution >= 4 is 28.7 Å². The van der Waals surface area contributed by atoms with Crippen molar-refractivity contribution in [2.75, 3.05) is 11.6 Å². The van der Waals surface area contributed by atoms with E-state index < -0.39 is 0 Å². The lowest BCUT2D eigenvalue weighted by Crippen LogP contribution is -2.42. The van der Waals surface area contributed by atoms with E-state index in [2.05, 4.69) is 20.6 Å². The molecule has 0 bridgehead atoms. The summed E-state index contributed by atoms with van der Waals surface area (Å²) in [4.78, 5) is 28.7. The molecule has 0 aliphatic carbocycles. The van der Waals surface area contributed by atoms with E-state index in [4.69, 9.17) is 0 Å². The van der Waals surface area contributed by atoms with Gasteiger partial charge in [0, 0.05) is 11.6 Å². The molecule has 106 valence electrons. The summed E-state index contributed by atoms with van der Waals surface area (Å²) in [5, 5.41) is 6.14. The minimum atomic E-state index is -0.221. The summed E-state index contributed by atoms with van der Waals surface area (Å²) in [5.74, 6) is 1.65. The smallest absolute Gasteiger partial charge is 0.323 e. The number of aromatic amines is 2. The minimum absolute atomic E-state index is 0.0187. The van der Waals surface area contributed by atoms with Crippen LogP contribution >= 0.6 is 11.8 Å². The predicted octanol–water partition coefficient (Wildman–Crippen LogP) is 0.696. The maximum atomic E-state index is 12.0. The maximum absolute atomic E-state index is 12.0. The fourth-order valence-electron chi connectivity index (χ4n) is 2.28. The van der Waals surface area contributed by atoms with Crippen LogP contribution in [-0.2, 0) is 4.79 Å². The first kappa shape index (κ1) is 13.3. The zero-order valence-corrected chi connectivity index (χ0v) is 11.8. The van der Waals surface area contributed by atoms with Crippen LogP contribution in [0.5, 0.6) is 0 Å². The molecule has 6 nitrogen and oxygen atoms in total. The van der Waals surface area contributed by atoms with Gasteiger partial charge in [-0.15, -0.1) is 11.8 Å². The van der Waals surface area contributed by atoms with Crippen molar-refractivity contribution in [2.24, 2.45) is 0 Å². The molecular formula is C13H16N4O2S. The second-order valence-electron chi connectivity index (χ2n) is 4.89. The van der Waals surface area contributed by atoms with Crippen molar-refractivity contribution in [3.63, 3.8) is 0 Å². The molecule has 0 spiro atoms. The van der Waals surface area contributed by atoms with Crippen LogP contribution in [0.2, 0.25) is 0 Å². The van der Waals surface area contributed by atoms with Gasteiger partial charge in [-0.1, -0.05) is 6.07 Å². The molecule has 4 N–H and O–H groups in total. The first-order valence-corrected chi connectivity index (χ1v) is 7.62. The van der Waals surface area contributed by atoms with Crippen molar-refractivity contribution in [3.8, 4) is 0 Å². The summed E-state index contributed by atoms with van der Waals surface area (Å²) in [6.07, 6.45) is 0. The van der Waals surface area contributed by atoms with Crippen molar-refractivity contribution in [1.29, 1.82) is 0 Å². The van der Waals surface area contributed by atoms with E-state index >= 15 is 0 Å². The molecule has 0 saturated carbocycles. The number of hydrogen-bond donors (Lipinski definition) is 4. The molecule has 1 saturated heterocycles. The Hall–Kier alpha value is -1.73. The fraction of sp³-hybridized carbons (Fsp3) is 0.385. The van der Waals surface area contributed by atoms with Gasteiger partial charge in [-0.25, -0.2) is 4.79 Å². The predicted molar refractivity (Wildman–Crippen MR) is 79.7 cm³/mol. The zero-order valence-electron chi connectivity index (χ0n) is 11.0. The lowest BCUT2D eigenvalue weighted by Gasteiger charge is -2.17. The van der Waals surface area contributed by atoms with E-state index in [1.165, 1.54) is 0 Å². The molecule has 7 heteroatoms. The van der Waals surface area contributed by atoms with E-state index in [1.54, 1.807) is 11.8 Å². The first-order chi connectivity index (χ1) is 9.63. The topological polar surface area (TPSA) is 89.8 Å². The van der Waals surface area contributed by atoms with Gasteiger partial charge in [0.25, 0.3) is 0 Å². The van der Waals surface area contributed by atoms with E-state index in [1.807, 2.05) is 25.1 Å². The van der Waals surface area contributed by atoms with Gasteiger partial charge < -0.3 is 15.3 Å². The number of hydrogen-bond acceptors (Lipinski definition) is 4. The summed E-state index contributed by atoms with van der Waals surface area (Å²) in [6.45, 7) is 1.94. The van der Waals surface area contributed by atoms with Crippen LogP contribution in [0.25, 0.3) is 11.0 Å². The summed E-state index contributed by atoms with van der Waals surface area (Å²) < 4.78 is 0. The van der Waals surface area contributed by atoms with E-state index in [0.717, 1.165) is 28.2 Å². The monoisotopic (exact) mass is 292 g/mol. The average molecular weight is 292 g/mol. The van der Waals surface area contributed by atoms with Crippen LogP contribution in [0, 0.1) is 0 Å². The Morgan fingerprint density at radius 2 is 2.20 bits per heavy atom. The van der Waals surface area contributed by atoms with Crippen LogP contribution < -0.4 is 16.3 Å². The Balaban J connectivity index is 1.75. The first-order valence-electron chi connectivity index (χ1n) is 6.47. The number of imidazole rings is 1. The number of rotatable bonds is 3. The molecule has 2 atom stereocenters. The highest BCUT2D eigenvalue weighted by Crippen LogP contribution is 2.18. The molecule has 1 aromatic heterocycles. The molecule has 1 aliphatic heterocycles. The lowest BCUT2D eigenvalue weighted by atomic mass is 10.1. The van der Waals surface area contributed by atoms with Crippen molar-refractivity contribution < 1.29 is 4.79 Å². The lowest BCUT2D eigenvalue weighted by molar-refractivity contribution is -0.123. The summed E-state index contributed by atoms with van der Waals surface area (Å²) in [7, 11) is 0. The number of carbonyl (C=O) groups is 1. The minimum Gasteiger partial charge on any atom is -0.348 e. The summed E-state index contributed by atoms with van der Waals surface area (Å²) in [6, 6.07) is 5.42. The van der Waals surface area contributed by atoms with Crippen molar-refractivity contribution in [1.82, 2.24) is 20.6 Å². The van der Waals surface area contributed by atoms with E-state index in [-0.39, 0.29) is 23.7 Å². The van der Waals surface area contributed by atoms with Gasteiger partial charge >= 0.3 is 5.69 Å². The van der Waals surface area contributed by atoms with Gasteiger partial charge in [0.1, 0.15) is 0 Å². The highest BCUT2D eigenvalue weighted by molar-refractivity contribution is 7.99. The molecule has 3 rings (SSSR count). The molecular weight excluding hydrogens is 276 g/mol. The van der Waals surface area contributed by atoms with Crippen LogP contribution in [0.15, 0.2) is 23.0 Å². The second kappa shape index (κ2) is 5.34. The van der Waals surface area contributed by atoms with Gasteiger partial charge in [0.05, 0.1) is 23.1 Å². The Labute approximate surface area is 119 Å². The molecule has 2 aromatic rings. The highest BCUT2D eigenvalue weighted by Gasteiger charge is 2.23. The SMILES string of the molecule is CC(NC(=O)C1CSCN1)c1ccc2[nH]c(=O)[nH]c2c1. The molecule has 2 heterocycles. The normalized spacial score (nSPS) is 20.1. The number of H-pyrrole nitrogens is 2. The van der Waals surface area contributed by atoms with Gasteiger partial charge in [0.2, 0.25) is 5.91 Å². The van der Waals surface area contributed by atoms with Gasteiger partial charge in [0.15, 0.2) is 0 Å². The number of amides is 1. The Morgan fingerprint density at radius 1 is 1.40 bits per heavy atom. The largest absolute Gasteiger partial charge is 0.348 e. The zero-order chi connectivity index (χ0) is 14.1. The number of fused-ring (bicyclic) bond motifs is 1. The standard InChI is InChI=1S/C13H16N4O2S/c1-7(15-12(18)11-5-20-6-14-11)8-2-3-9-10(4-8)17-13(19)16-9/h2-4,7,11,14H,5-6H2,1H3,(H,15,18)(H2,16,17,19). The molecule has 20 heavy (non-hydrogen) atoms. The highest BCUT2D eigenvalue weighted by atomic mass is 32.2. The number of thioether (sulfide) groups is 1. The third-order valence-electron chi connectivity index (χ3n) is 3.43. The van der Waals surface area contributed by atoms with Crippen LogP contribution in [0.1, 0.15) is 18.5 Å². The van der Waals surface area contributed by atoms with Gasteiger partial charge in [-0.3, -0.25) is 10.1 Å². The summed E-state index contributed by atoms with van der Waals surface area (Å²) in [5.41, 5.74) is 2.27. The van der Waals surface area contributed by atoms with Crippen molar-refractivity contribution in [2.45, 2.75) is 19.0 Å². The van der Waals surface area contributed by atoms with Crippen molar-refractivity contribution in [3.05, 3.63) is 34.2 Å². The second-order valence-corrected chi connectivity index (χ2v) is 5.92. The molecule has 1 aromatic carbocycles. The third kappa shape index (κ3) is 2.59. The quantitative estimate of drug-likeness (QED) is 0.670. The number of benzene rings is 1. The molecule has 0 radical (unpaired) electrons. The van der Waals surface area contributed by atoms with Crippen LogP contribution in [0.3, 0.4) is 0 Å². The molecule has 1 amide bonds. The Bertz CT molecular complexity index is 687. The Morgan fingerprint density at radius 3 is 2.95 bits per heavy atom. The number of nitrogens with one attached hydrogen (secondary N) is 4. The molecule has 1 aliphatic rings. The fourth-order valence-corrected chi connectivity index (χ4v) is 3.22.